The van der Waals surface area contributed by atoms with Crippen LogP contribution in [-0.2, 0) is 4.74 Å². The van der Waals surface area contributed by atoms with Gasteiger partial charge in [-0.1, -0.05) is 6.07 Å². The minimum Gasteiger partial charge on any atom is -0.378 e. The molecule has 0 radical (unpaired) electrons. The highest BCUT2D eigenvalue weighted by molar-refractivity contribution is 5.93. The molecule has 0 aromatic carbocycles. The number of anilines is 1. The van der Waals surface area contributed by atoms with Crippen LogP contribution >= 0.6 is 0 Å². The topological polar surface area (TPSA) is 71.5 Å². The number of amides is 1. The van der Waals surface area contributed by atoms with Gasteiger partial charge >= 0.3 is 0 Å². The van der Waals surface area contributed by atoms with Gasteiger partial charge in [0.2, 0.25) is 0 Å². The Bertz CT molecular complexity index is 684. The summed E-state index contributed by atoms with van der Waals surface area (Å²) >= 11 is 0. The van der Waals surface area contributed by atoms with Crippen molar-refractivity contribution in [1.29, 1.82) is 0 Å². The van der Waals surface area contributed by atoms with Crippen LogP contribution in [0.1, 0.15) is 10.5 Å². The first-order valence-corrected chi connectivity index (χ1v) is 7.50. The molecule has 0 aliphatic carbocycles. The van der Waals surface area contributed by atoms with Crippen LogP contribution in [0.25, 0.3) is 11.5 Å². The molecular formula is C16H19N5O2. The van der Waals surface area contributed by atoms with Crippen molar-refractivity contribution in [2.45, 2.75) is 0 Å². The third-order valence-corrected chi connectivity index (χ3v) is 3.57. The van der Waals surface area contributed by atoms with Crippen molar-refractivity contribution in [1.82, 2.24) is 19.9 Å². The minimum absolute atomic E-state index is 0.154. The predicted octanol–water partition coefficient (Wildman–Crippen LogP) is 1.08. The molecule has 7 nitrogen and oxygen atoms in total. The normalized spacial score (nSPS) is 14.6. The van der Waals surface area contributed by atoms with E-state index in [0.717, 1.165) is 18.9 Å². The van der Waals surface area contributed by atoms with Gasteiger partial charge < -0.3 is 14.5 Å². The SMILES string of the molecule is CN(C)C(=O)c1cc(N2CCOCC2)nc(-c2ccccn2)n1. The number of morpholine rings is 1. The molecule has 2 aromatic heterocycles. The number of carbonyl (C=O) groups excluding carboxylic acids is 1. The molecule has 0 unspecified atom stereocenters. The lowest BCUT2D eigenvalue weighted by atomic mass is 10.2. The number of pyridine rings is 1. The summed E-state index contributed by atoms with van der Waals surface area (Å²) in [4.78, 5) is 29.2. The molecule has 1 fully saturated rings. The predicted molar refractivity (Wildman–Crippen MR) is 86.3 cm³/mol. The van der Waals surface area contributed by atoms with Crippen LogP contribution in [0.15, 0.2) is 30.5 Å². The van der Waals surface area contributed by atoms with Crippen LogP contribution in [0.3, 0.4) is 0 Å². The Morgan fingerprint density at radius 3 is 2.65 bits per heavy atom. The molecule has 7 heteroatoms. The van der Waals surface area contributed by atoms with E-state index in [2.05, 4.69) is 19.9 Å². The number of ether oxygens (including phenoxy) is 1. The Labute approximate surface area is 134 Å². The molecule has 1 saturated heterocycles. The van der Waals surface area contributed by atoms with E-state index < -0.39 is 0 Å². The van der Waals surface area contributed by atoms with E-state index in [4.69, 9.17) is 4.74 Å². The first kappa shape index (κ1) is 15.4. The summed E-state index contributed by atoms with van der Waals surface area (Å²) in [6.45, 7) is 2.79. The fourth-order valence-electron chi connectivity index (χ4n) is 2.34. The standard InChI is InChI=1S/C16H19N5O2/c1-20(2)16(22)13-11-14(21-7-9-23-10-8-21)19-15(18-13)12-5-3-4-6-17-12/h3-6,11H,7-10H2,1-2H3. The summed E-state index contributed by atoms with van der Waals surface area (Å²) in [5.74, 6) is 1.04. The maximum Gasteiger partial charge on any atom is 0.272 e. The molecule has 1 amide bonds. The number of hydrogen-bond donors (Lipinski definition) is 0. The lowest BCUT2D eigenvalue weighted by molar-refractivity contribution is 0.0822. The zero-order valence-electron chi connectivity index (χ0n) is 13.3. The second kappa shape index (κ2) is 6.70. The Morgan fingerprint density at radius 2 is 2.00 bits per heavy atom. The number of rotatable bonds is 3. The summed E-state index contributed by atoms with van der Waals surface area (Å²) in [6.07, 6.45) is 1.69. The Balaban J connectivity index is 2.04. The highest BCUT2D eigenvalue weighted by atomic mass is 16.5. The highest BCUT2D eigenvalue weighted by Crippen LogP contribution is 2.20. The van der Waals surface area contributed by atoms with Crippen molar-refractivity contribution in [3.63, 3.8) is 0 Å². The van der Waals surface area contributed by atoms with Crippen molar-refractivity contribution in [2.24, 2.45) is 0 Å². The van der Waals surface area contributed by atoms with E-state index in [1.807, 2.05) is 18.2 Å². The van der Waals surface area contributed by atoms with Crippen LogP contribution < -0.4 is 4.90 Å². The smallest absolute Gasteiger partial charge is 0.272 e. The zero-order chi connectivity index (χ0) is 16.2. The molecule has 0 N–H and O–H groups in total. The van der Waals surface area contributed by atoms with Crippen molar-refractivity contribution in [3.05, 3.63) is 36.2 Å². The van der Waals surface area contributed by atoms with Gasteiger partial charge in [0.25, 0.3) is 5.91 Å². The van der Waals surface area contributed by atoms with E-state index in [1.54, 1.807) is 26.4 Å². The molecule has 0 spiro atoms. The molecule has 23 heavy (non-hydrogen) atoms. The van der Waals surface area contributed by atoms with Gasteiger partial charge in [0, 0.05) is 39.4 Å². The minimum atomic E-state index is -0.154. The number of nitrogens with zero attached hydrogens (tertiary/aromatic N) is 5. The summed E-state index contributed by atoms with van der Waals surface area (Å²) in [5, 5.41) is 0. The first-order valence-electron chi connectivity index (χ1n) is 7.50. The van der Waals surface area contributed by atoms with Crippen molar-refractivity contribution >= 4 is 11.7 Å². The molecule has 1 aliphatic heterocycles. The van der Waals surface area contributed by atoms with Crippen LogP contribution in [-0.4, -0.2) is 66.2 Å². The molecular weight excluding hydrogens is 294 g/mol. The van der Waals surface area contributed by atoms with Gasteiger partial charge in [-0.15, -0.1) is 0 Å². The van der Waals surface area contributed by atoms with Crippen molar-refractivity contribution in [2.75, 3.05) is 45.3 Å². The van der Waals surface area contributed by atoms with E-state index in [1.165, 1.54) is 4.90 Å². The van der Waals surface area contributed by atoms with E-state index in [9.17, 15) is 4.79 Å². The molecule has 2 aromatic rings. The monoisotopic (exact) mass is 313 g/mol. The fourth-order valence-corrected chi connectivity index (χ4v) is 2.34. The van der Waals surface area contributed by atoms with Gasteiger partial charge in [-0.25, -0.2) is 9.97 Å². The third-order valence-electron chi connectivity index (χ3n) is 3.57. The van der Waals surface area contributed by atoms with Crippen molar-refractivity contribution in [3.8, 4) is 11.5 Å². The molecule has 0 atom stereocenters. The summed E-state index contributed by atoms with van der Waals surface area (Å²) in [6, 6.07) is 7.28. The van der Waals surface area contributed by atoms with Gasteiger partial charge in [0.1, 0.15) is 17.2 Å². The largest absolute Gasteiger partial charge is 0.378 e. The summed E-state index contributed by atoms with van der Waals surface area (Å²) < 4.78 is 5.38. The zero-order valence-corrected chi connectivity index (χ0v) is 13.3. The number of hydrogen-bond acceptors (Lipinski definition) is 6. The maximum atomic E-state index is 12.3. The molecule has 0 bridgehead atoms. The van der Waals surface area contributed by atoms with Crippen LogP contribution in [0.4, 0.5) is 5.82 Å². The van der Waals surface area contributed by atoms with Crippen molar-refractivity contribution < 1.29 is 9.53 Å². The van der Waals surface area contributed by atoms with Crippen LogP contribution in [0.2, 0.25) is 0 Å². The molecule has 120 valence electrons. The lowest BCUT2D eigenvalue weighted by Crippen LogP contribution is -2.37. The number of carbonyl (C=O) groups is 1. The molecule has 1 aliphatic rings. The van der Waals surface area contributed by atoms with E-state index in [0.29, 0.717) is 30.4 Å². The van der Waals surface area contributed by atoms with Gasteiger partial charge in [0.05, 0.1) is 13.2 Å². The maximum absolute atomic E-state index is 12.3. The first-order chi connectivity index (χ1) is 11.1. The Morgan fingerprint density at radius 1 is 1.22 bits per heavy atom. The van der Waals surface area contributed by atoms with E-state index >= 15 is 0 Å². The van der Waals surface area contributed by atoms with Crippen LogP contribution in [0.5, 0.6) is 0 Å². The lowest BCUT2D eigenvalue weighted by Gasteiger charge is -2.28. The highest BCUT2D eigenvalue weighted by Gasteiger charge is 2.19. The number of aromatic nitrogens is 3. The summed E-state index contributed by atoms with van der Waals surface area (Å²) in [7, 11) is 3.42. The average molecular weight is 313 g/mol. The Hall–Kier alpha value is -2.54. The molecule has 3 rings (SSSR count). The second-order valence-electron chi connectivity index (χ2n) is 5.45. The van der Waals surface area contributed by atoms with E-state index in [-0.39, 0.29) is 5.91 Å². The van der Waals surface area contributed by atoms with Gasteiger partial charge in [-0.3, -0.25) is 9.78 Å². The second-order valence-corrected chi connectivity index (χ2v) is 5.45. The van der Waals surface area contributed by atoms with Crippen LogP contribution in [0, 0.1) is 0 Å². The summed E-state index contributed by atoms with van der Waals surface area (Å²) in [5.41, 5.74) is 1.02. The average Bonchev–Trinajstić information content (AvgIpc) is 2.62. The van der Waals surface area contributed by atoms with Gasteiger partial charge in [0.15, 0.2) is 5.82 Å². The quantitative estimate of drug-likeness (QED) is 0.844. The molecule has 3 heterocycles. The Kier molecular flexibility index (Phi) is 4.47. The van der Waals surface area contributed by atoms with Gasteiger partial charge in [-0.2, -0.15) is 0 Å². The van der Waals surface area contributed by atoms with Gasteiger partial charge in [-0.05, 0) is 12.1 Å². The molecule has 0 saturated carbocycles. The fraction of sp³-hybridized carbons (Fsp3) is 0.375. The third kappa shape index (κ3) is 3.45.